The fraction of sp³-hybridized carbons (Fsp3) is 0.269. The topological polar surface area (TPSA) is 90.0 Å². The summed E-state index contributed by atoms with van der Waals surface area (Å²) >= 11 is 0. The lowest BCUT2D eigenvalue weighted by atomic mass is 9.74. The highest BCUT2D eigenvalue weighted by atomic mass is 19.1. The summed E-state index contributed by atoms with van der Waals surface area (Å²) in [6, 6.07) is 16.3. The normalized spacial score (nSPS) is 23.5. The average molecular weight is 461 g/mol. The number of aromatic nitrogens is 1. The summed E-state index contributed by atoms with van der Waals surface area (Å²) in [5.41, 5.74) is 6.57. The number of halogens is 1. The molecule has 2 aliphatic heterocycles. The van der Waals surface area contributed by atoms with Gasteiger partial charge < -0.3 is 15.2 Å². The molecule has 0 saturated heterocycles. The molecule has 34 heavy (non-hydrogen) atoms. The minimum atomic E-state index is -1.27. The Balaban J connectivity index is 1.63. The van der Waals surface area contributed by atoms with E-state index >= 15 is 0 Å². The van der Waals surface area contributed by atoms with Gasteiger partial charge in [-0.2, -0.15) is 4.39 Å². The zero-order valence-corrected chi connectivity index (χ0v) is 19.2. The van der Waals surface area contributed by atoms with Crippen LogP contribution in [0.5, 0.6) is 11.5 Å². The van der Waals surface area contributed by atoms with Crippen LogP contribution < -0.4 is 15.2 Å². The number of carbonyl (C=O) groups is 1. The number of nitrogens with two attached hydrogens (primary N) is 1. The van der Waals surface area contributed by atoms with Gasteiger partial charge in [-0.05, 0) is 54.4 Å². The van der Waals surface area contributed by atoms with E-state index in [1.165, 1.54) is 11.1 Å². The number of ether oxygens (including phenoxy) is 2. The first kappa shape index (κ1) is 21.9. The fourth-order valence-corrected chi connectivity index (χ4v) is 4.95. The van der Waals surface area contributed by atoms with E-state index in [1.807, 2.05) is 31.2 Å². The summed E-state index contributed by atoms with van der Waals surface area (Å²) in [7, 11) is 3.23. The third-order valence-electron chi connectivity index (χ3n) is 6.50. The molecule has 7 nitrogen and oxygen atoms in total. The zero-order chi connectivity index (χ0) is 24.1. The number of benzene rings is 2. The van der Waals surface area contributed by atoms with Crippen molar-refractivity contribution < 1.29 is 18.7 Å². The molecule has 3 heterocycles. The molecule has 2 N–H and O–H groups in total. The number of rotatable bonds is 4. The highest BCUT2D eigenvalue weighted by Crippen LogP contribution is 2.50. The van der Waals surface area contributed by atoms with Gasteiger partial charge in [-0.15, -0.1) is 0 Å². The second kappa shape index (κ2) is 7.83. The van der Waals surface area contributed by atoms with Crippen molar-refractivity contribution in [3.8, 4) is 22.6 Å². The van der Waals surface area contributed by atoms with Crippen LogP contribution in [0.3, 0.4) is 0 Å². The van der Waals surface area contributed by atoms with Crippen molar-refractivity contribution in [1.29, 1.82) is 0 Å². The molecule has 5 rings (SSSR count). The first-order valence-corrected chi connectivity index (χ1v) is 11.0. The summed E-state index contributed by atoms with van der Waals surface area (Å²) in [4.78, 5) is 23.4. The van der Waals surface area contributed by atoms with Gasteiger partial charge in [-0.3, -0.25) is 9.69 Å². The molecule has 0 aliphatic carbocycles. The number of methoxy groups -OCH3 is 1. The molecular formula is C26H25FN4O3. The van der Waals surface area contributed by atoms with Crippen LogP contribution in [0.2, 0.25) is 0 Å². The molecule has 2 aromatic carbocycles. The van der Waals surface area contributed by atoms with Gasteiger partial charge in [0.15, 0.2) is 11.5 Å². The van der Waals surface area contributed by atoms with Crippen LogP contribution in [0.1, 0.15) is 24.5 Å². The van der Waals surface area contributed by atoms with Gasteiger partial charge in [-0.25, -0.2) is 9.98 Å². The van der Waals surface area contributed by atoms with Gasteiger partial charge in [0, 0.05) is 37.2 Å². The highest BCUT2D eigenvalue weighted by Gasteiger charge is 2.56. The number of likely N-dealkylation sites (N-methyl/N-ethyl adjacent to an activating group) is 1. The number of hydrogen-bond acceptors (Lipinski definition) is 6. The molecule has 0 unspecified atom stereocenters. The van der Waals surface area contributed by atoms with E-state index in [1.54, 1.807) is 44.5 Å². The second-order valence-corrected chi connectivity index (χ2v) is 9.00. The fourth-order valence-electron chi connectivity index (χ4n) is 4.95. The van der Waals surface area contributed by atoms with Gasteiger partial charge in [0.05, 0.1) is 7.11 Å². The molecule has 3 aromatic rings. The Morgan fingerprint density at radius 3 is 2.74 bits per heavy atom. The zero-order valence-electron chi connectivity index (χ0n) is 19.2. The van der Waals surface area contributed by atoms with E-state index in [0.717, 1.165) is 11.3 Å². The number of carbonyl (C=O) groups excluding carboxylic acids is 1. The molecule has 0 fully saturated rings. The molecule has 1 amide bonds. The third-order valence-corrected chi connectivity index (χ3v) is 6.50. The van der Waals surface area contributed by atoms with Gasteiger partial charge in [0.1, 0.15) is 17.1 Å². The Bertz CT molecular complexity index is 1330. The quantitative estimate of drug-likeness (QED) is 0.600. The molecule has 1 aromatic heterocycles. The number of amides is 1. The first-order valence-electron chi connectivity index (χ1n) is 11.0. The maximum atomic E-state index is 14.4. The first-order chi connectivity index (χ1) is 16.2. The third kappa shape index (κ3) is 3.46. The maximum Gasteiger partial charge on any atom is 0.261 e. The molecule has 174 valence electrons. The van der Waals surface area contributed by atoms with Gasteiger partial charge >= 0.3 is 0 Å². The van der Waals surface area contributed by atoms with Crippen molar-refractivity contribution in [2.75, 3.05) is 14.2 Å². The Kier molecular flexibility index (Phi) is 5.04. The van der Waals surface area contributed by atoms with Crippen LogP contribution in [0.25, 0.3) is 11.1 Å². The summed E-state index contributed by atoms with van der Waals surface area (Å²) in [6.45, 7) is 1.96. The van der Waals surface area contributed by atoms with Gasteiger partial charge in [-0.1, -0.05) is 18.2 Å². The molecule has 2 atom stereocenters. The molecule has 0 bridgehead atoms. The Morgan fingerprint density at radius 2 is 2.03 bits per heavy atom. The molecular weight excluding hydrogens is 435 g/mol. The second-order valence-electron chi connectivity index (χ2n) is 9.00. The number of aliphatic imine (C=N–C) groups is 1. The van der Waals surface area contributed by atoms with Crippen LogP contribution in [0, 0.1) is 5.95 Å². The average Bonchev–Trinajstić information content (AvgIpc) is 3.02. The van der Waals surface area contributed by atoms with Crippen LogP contribution in [0.4, 0.5) is 4.39 Å². The largest absolute Gasteiger partial charge is 0.497 e. The smallest absolute Gasteiger partial charge is 0.261 e. The van der Waals surface area contributed by atoms with Crippen LogP contribution in [0.15, 0.2) is 65.8 Å². The molecule has 8 heteroatoms. The lowest BCUT2D eigenvalue weighted by Gasteiger charge is -2.43. The van der Waals surface area contributed by atoms with Gasteiger partial charge in [0.25, 0.3) is 5.91 Å². The molecule has 1 spiro atoms. The minimum absolute atomic E-state index is 0.138. The standard InChI is InChI=1S/C26H25FN4O3/c1-25(14-16-6-4-7-18(12-16)33-3)15-26(23(32)31(2)24(28)30-26)20-13-17(9-10-21(20)34-25)19-8-5-11-29-22(19)27/h4-13H,14-15H2,1-3H3,(H2,28,30)/t25-,26-/m1/s1. The SMILES string of the molecule is COc1cccc(C[C@]2(C)C[C@@]3(N=C(N)N(C)C3=O)c3cc(-c4cccnc4F)ccc3O2)c1. The van der Waals surface area contributed by atoms with Crippen LogP contribution in [-0.2, 0) is 16.8 Å². The molecule has 2 aliphatic rings. The van der Waals surface area contributed by atoms with Crippen LogP contribution in [-0.4, -0.2) is 41.5 Å². The van der Waals surface area contributed by atoms with E-state index < -0.39 is 17.1 Å². The number of nitrogens with zero attached hydrogens (tertiary/aromatic N) is 3. The van der Waals surface area contributed by atoms with E-state index in [9.17, 15) is 9.18 Å². The summed E-state index contributed by atoms with van der Waals surface area (Å²) < 4.78 is 26.3. The maximum absolute atomic E-state index is 14.4. The summed E-state index contributed by atoms with van der Waals surface area (Å²) in [5.74, 6) is 0.572. The predicted octanol–water partition coefficient (Wildman–Crippen LogP) is 3.66. The number of guanidine groups is 1. The number of fused-ring (bicyclic) bond motifs is 2. The minimum Gasteiger partial charge on any atom is -0.497 e. The lowest BCUT2D eigenvalue weighted by Crippen LogP contribution is -2.51. The Morgan fingerprint density at radius 1 is 1.21 bits per heavy atom. The molecule has 0 radical (unpaired) electrons. The van der Waals surface area contributed by atoms with Crippen molar-refractivity contribution >= 4 is 11.9 Å². The van der Waals surface area contributed by atoms with Crippen molar-refractivity contribution in [2.24, 2.45) is 10.7 Å². The van der Waals surface area contributed by atoms with Crippen molar-refractivity contribution in [3.05, 3.63) is 77.9 Å². The van der Waals surface area contributed by atoms with Crippen molar-refractivity contribution in [1.82, 2.24) is 9.88 Å². The Hall–Kier alpha value is -3.94. The van der Waals surface area contributed by atoms with Crippen LogP contribution >= 0.6 is 0 Å². The summed E-state index contributed by atoms with van der Waals surface area (Å²) in [5, 5.41) is 0. The Labute approximate surface area is 197 Å². The highest BCUT2D eigenvalue weighted by molar-refractivity contribution is 6.07. The van der Waals surface area contributed by atoms with E-state index in [4.69, 9.17) is 15.2 Å². The molecule has 0 saturated carbocycles. The monoisotopic (exact) mass is 460 g/mol. The lowest BCUT2D eigenvalue weighted by molar-refractivity contribution is -0.133. The van der Waals surface area contributed by atoms with E-state index in [-0.39, 0.29) is 18.3 Å². The van der Waals surface area contributed by atoms with E-state index in [2.05, 4.69) is 9.98 Å². The number of hydrogen-bond donors (Lipinski definition) is 1. The van der Waals surface area contributed by atoms with Crippen molar-refractivity contribution in [2.45, 2.75) is 30.9 Å². The summed E-state index contributed by atoms with van der Waals surface area (Å²) in [6.07, 6.45) is 2.19. The number of pyridine rings is 1. The van der Waals surface area contributed by atoms with Crippen molar-refractivity contribution in [3.63, 3.8) is 0 Å². The predicted molar refractivity (Wildman–Crippen MR) is 126 cm³/mol. The van der Waals surface area contributed by atoms with Gasteiger partial charge in [0.2, 0.25) is 5.95 Å². The van der Waals surface area contributed by atoms with E-state index in [0.29, 0.717) is 28.9 Å².